The molecular formula is C39H24N3S. The van der Waals surface area contributed by atoms with Crippen LogP contribution in [-0.4, -0.2) is 8.75 Å². The summed E-state index contributed by atoms with van der Waals surface area (Å²) in [7, 11) is 0. The Morgan fingerprint density at radius 2 is 1.05 bits per heavy atom. The van der Waals surface area contributed by atoms with Crippen molar-refractivity contribution in [1.29, 1.82) is 0 Å². The van der Waals surface area contributed by atoms with E-state index in [0.29, 0.717) is 0 Å². The van der Waals surface area contributed by atoms with E-state index >= 15 is 0 Å². The highest BCUT2D eigenvalue weighted by molar-refractivity contribution is 7.00. The average molecular weight is 567 g/mol. The van der Waals surface area contributed by atoms with Gasteiger partial charge < -0.3 is 4.90 Å². The average Bonchev–Trinajstić information content (AvgIpc) is 3.78. The van der Waals surface area contributed by atoms with E-state index in [2.05, 4.69) is 116 Å². The van der Waals surface area contributed by atoms with E-state index in [1.807, 2.05) is 68.1 Å². The molecule has 1 aliphatic carbocycles. The van der Waals surface area contributed by atoms with E-state index in [1.165, 1.54) is 11.7 Å². The highest BCUT2D eigenvalue weighted by Crippen LogP contribution is 2.36. The Kier molecular flexibility index (Phi) is 7.69. The van der Waals surface area contributed by atoms with Gasteiger partial charge >= 0.3 is 0 Å². The standard InChI is InChI=1S/C39H24N3S/c1-3-11-34(12-4-1)42(35-13-5-2-6-14-35)36-26-23-32(24-27-36)37-28-25-33(38-39(37)41-43-40-38)22-21-31-19-17-30(18-20-31)16-15-29-9-7-8-10-29/h1-14,17-20,23-28H. The predicted octanol–water partition coefficient (Wildman–Crippen LogP) is 8.98. The molecule has 43 heavy (non-hydrogen) atoms. The molecule has 3 nitrogen and oxygen atoms in total. The molecule has 0 amide bonds. The number of para-hydroxylation sites is 2. The second kappa shape index (κ2) is 12.4. The van der Waals surface area contributed by atoms with Crippen molar-refractivity contribution in [2.45, 2.75) is 0 Å². The molecule has 1 fully saturated rings. The van der Waals surface area contributed by atoms with Gasteiger partial charge in [-0.2, -0.15) is 8.75 Å². The normalized spacial score (nSPS) is 12.7. The lowest BCUT2D eigenvalue weighted by atomic mass is 10.0. The van der Waals surface area contributed by atoms with Crippen LogP contribution in [0.15, 0.2) is 121 Å². The third-order valence-electron chi connectivity index (χ3n) is 7.12. The Hall–Kier alpha value is -5.16. The van der Waals surface area contributed by atoms with Crippen LogP contribution in [0.4, 0.5) is 17.1 Å². The van der Waals surface area contributed by atoms with Crippen molar-refractivity contribution in [2.24, 2.45) is 0 Å². The summed E-state index contributed by atoms with van der Waals surface area (Å²) in [6.07, 6.45) is 8.00. The Labute approximate surface area is 257 Å². The summed E-state index contributed by atoms with van der Waals surface area (Å²) < 4.78 is 9.26. The minimum absolute atomic E-state index is 0.825. The van der Waals surface area contributed by atoms with Gasteiger partial charge in [-0.15, -0.1) is 0 Å². The molecule has 0 unspecified atom stereocenters. The van der Waals surface area contributed by atoms with Gasteiger partial charge in [-0.3, -0.25) is 0 Å². The molecule has 201 valence electrons. The molecule has 1 saturated carbocycles. The lowest BCUT2D eigenvalue weighted by Gasteiger charge is -2.25. The summed E-state index contributed by atoms with van der Waals surface area (Å²) in [6.45, 7) is 0. The summed E-state index contributed by atoms with van der Waals surface area (Å²) in [5, 5.41) is 0. The van der Waals surface area contributed by atoms with Crippen LogP contribution in [-0.2, 0) is 0 Å². The Balaban J connectivity index is 1.14. The van der Waals surface area contributed by atoms with Gasteiger partial charge in [0.1, 0.15) is 11.0 Å². The molecule has 7 rings (SSSR count). The molecule has 4 heteroatoms. The lowest BCUT2D eigenvalue weighted by Crippen LogP contribution is -2.09. The number of fused-ring (bicyclic) bond motifs is 1. The SMILES string of the molecule is C(#Cc1ccc(C#Cc2ccc(-c3ccc(N(c4ccccc4)c4ccccc4)cc3)c3nsnc23)cc1)[C]1[CH][CH][CH][CH]1. The Morgan fingerprint density at radius 3 is 1.67 bits per heavy atom. The number of nitrogens with zero attached hydrogens (tertiary/aromatic N) is 3. The highest BCUT2D eigenvalue weighted by atomic mass is 32.1. The number of anilines is 3. The molecule has 0 atom stereocenters. The molecule has 6 aromatic rings. The van der Waals surface area contributed by atoms with Crippen molar-refractivity contribution in [3.05, 3.63) is 170 Å². The predicted molar refractivity (Wildman–Crippen MR) is 177 cm³/mol. The van der Waals surface area contributed by atoms with Crippen LogP contribution in [0.25, 0.3) is 22.2 Å². The van der Waals surface area contributed by atoms with Crippen LogP contribution in [0.2, 0.25) is 0 Å². The molecule has 5 radical (unpaired) electrons. The van der Waals surface area contributed by atoms with Crippen molar-refractivity contribution in [1.82, 2.24) is 8.75 Å². The largest absolute Gasteiger partial charge is 0.311 e. The van der Waals surface area contributed by atoms with E-state index in [1.54, 1.807) is 0 Å². The molecule has 1 aliphatic rings. The summed E-state index contributed by atoms with van der Waals surface area (Å²) in [6, 6.07) is 41.6. The number of rotatable bonds is 4. The first-order chi connectivity index (χ1) is 21.3. The molecule has 0 saturated heterocycles. The topological polar surface area (TPSA) is 29.0 Å². The molecule has 0 spiro atoms. The molecule has 1 aromatic heterocycles. The van der Waals surface area contributed by atoms with Gasteiger partial charge in [-0.1, -0.05) is 78.3 Å². The fourth-order valence-corrected chi connectivity index (χ4v) is 5.54. The Morgan fingerprint density at radius 1 is 0.488 bits per heavy atom. The zero-order valence-corrected chi connectivity index (χ0v) is 23.9. The van der Waals surface area contributed by atoms with E-state index < -0.39 is 0 Å². The third kappa shape index (κ3) is 5.93. The first-order valence-electron chi connectivity index (χ1n) is 13.9. The second-order valence-electron chi connectivity index (χ2n) is 9.93. The van der Waals surface area contributed by atoms with E-state index in [-0.39, 0.29) is 0 Å². The summed E-state index contributed by atoms with van der Waals surface area (Å²) in [5.41, 5.74) is 9.87. The lowest BCUT2D eigenvalue weighted by molar-refractivity contribution is 1.28. The summed E-state index contributed by atoms with van der Waals surface area (Å²) in [4.78, 5) is 2.25. The van der Waals surface area contributed by atoms with Crippen molar-refractivity contribution < 1.29 is 0 Å². The number of hydrogen-bond acceptors (Lipinski definition) is 4. The fraction of sp³-hybridized carbons (Fsp3) is 0. The van der Waals surface area contributed by atoms with Gasteiger partial charge in [0.25, 0.3) is 0 Å². The van der Waals surface area contributed by atoms with E-state index in [0.717, 1.165) is 61.8 Å². The van der Waals surface area contributed by atoms with Crippen LogP contribution in [0, 0.1) is 55.3 Å². The molecule has 0 bridgehead atoms. The zero-order valence-electron chi connectivity index (χ0n) is 23.1. The summed E-state index contributed by atoms with van der Waals surface area (Å²) >= 11 is 1.22. The summed E-state index contributed by atoms with van der Waals surface area (Å²) in [5.74, 6) is 14.0. The fourth-order valence-electron chi connectivity index (χ4n) is 4.97. The van der Waals surface area contributed by atoms with E-state index in [9.17, 15) is 0 Å². The van der Waals surface area contributed by atoms with Crippen molar-refractivity contribution in [3.8, 4) is 34.8 Å². The monoisotopic (exact) mass is 566 g/mol. The van der Waals surface area contributed by atoms with Gasteiger partial charge in [-0.25, -0.2) is 0 Å². The highest BCUT2D eigenvalue weighted by Gasteiger charge is 2.15. The second-order valence-corrected chi connectivity index (χ2v) is 10.5. The number of benzene rings is 5. The number of aromatic nitrogens is 2. The molecule has 1 heterocycles. The van der Waals surface area contributed by atoms with Crippen LogP contribution >= 0.6 is 11.7 Å². The van der Waals surface area contributed by atoms with E-state index in [4.69, 9.17) is 0 Å². The Bertz CT molecular complexity index is 1930. The molecule has 5 aromatic carbocycles. The quantitative estimate of drug-likeness (QED) is 0.199. The van der Waals surface area contributed by atoms with Gasteiger partial charge in [0, 0.05) is 33.8 Å². The first kappa shape index (κ1) is 26.7. The minimum Gasteiger partial charge on any atom is -0.311 e. The van der Waals surface area contributed by atoms with Gasteiger partial charge in [-0.05, 0) is 98.0 Å². The number of hydrogen-bond donors (Lipinski definition) is 0. The van der Waals surface area contributed by atoms with Gasteiger partial charge in [0.2, 0.25) is 0 Å². The molecule has 0 aliphatic heterocycles. The molecular weight excluding hydrogens is 543 g/mol. The van der Waals surface area contributed by atoms with Gasteiger partial charge in [0.15, 0.2) is 0 Å². The van der Waals surface area contributed by atoms with Crippen LogP contribution in [0.1, 0.15) is 16.7 Å². The maximum absolute atomic E-state index is 4.65. The maximum Gasteiger partial charge on any atom is 0.121 e. The molecule has 0 N–H and O–H groups in total. The van der Waals surface area contributed by atoms with Crippen molar-refractivity contribution >= 4 is 39.8 Å². The maximum atomic E-state index is 4.65. The van der Waals surface area contributed by atoms with Crippen LogP contribution in [0.5, 0.6) is 0 Å². The van der Waals surface area contributed by atoms with Gasteiger partial charge in [0.05, 0.1) is 23.2 Å². The van der Waals surface area contributed by atoms with Crippen molar-refractivity contribution in [2.75, 3.05) is 4.90 Å². The smallest absolute Gasteiger partial charge is 0.121 e. The van der Waals surface area contributed by atoms with Crippen LogP contribution < -0.4 is 4.90 Å². The third-order valence-corrected chi connectivity index (χ3v) is 7.65. The first-order valence-corrected chi connectivity index (χ1v) is 14.7. The zero-order chi connectivity index (χ0) is 28.8. The minimum atomic E-state index is 0.825. The van der Waals surface area contributed by atoms with Crippen molar-refractivity contribution in [3.63, 3.8) is 0 Å². The van der Waals surface area contributed by atoms with Crippen LogP contribution in [0.3, 0.4) is 0 Å².